The highest BCUT2D eigenvalue weighted by Gasteiger charge is 2.26. The average molecular weight is 604 g/mol. The molecule has 3 aromatic rings. The van der Waals surface area contributed by atoms with E-state index in [1.165, 1.54) is 6.07 Å². The Morgan fingerprint density at radius 2 is 1.51 bits per heavy atom. The molecule has 11 N–H and O–H groups in total. The van der Waals surface area contributed by atoms with Gasteiger partial charge in [0, 0.05) is 12.1 Å². The van der Waals surface area contributed by atoms with E-state index < -0.39 is 65.4 Å². The van der Waals surface area contributed by atoms with E-state index in [1.54, 1.807) is 0 Å². The molecule has 43 heavy (non-hydrogen) atoms. The minimum absolute atomic E-state index is 0.0150. The van der Waals surface area contributed by atoms with Crippen molar-refractivity contribution in [3.8, 4) is 0 Å². The molecule has 0 spiro atoms. The van der Waals surface area contributed by atoms with Crippen LogP contribution >= 0.6 is 0 Å². The molecule has 2 unspecified atom stereocenters. The van der Waals surface area contributed by atoms with Gasteiger partial charge in [-0.2, -0.15) is 0 Å². The summed E-state index contributed by atoms with van der Waals surface area (Å²) in [6, 6.07) is -0.347. The van der Waals surface area contributed by atoms with Crippen LogP contribution in [0.15, 0.2) is 21.3 Å². The van der Waals surface area contributed by atoms with Gasteiger partial charge in [0.05, 0.1) is 23.1 Å². The van der Waals surface area contributed by atoms with Gasteiger partial charge in [-0.25, -0.2) is 19.4 Å². The quantitative estimate of drug-likeness (QED) is 0.0902. The Labute approximate surface area is 243 Å². The first-order valence-corrected chi connectivity index (χ1v) is 13.4. The molecule has 17 nitrogen and oxygen atoms in total. The number of rotatable bonds is 17. The summed E-state index contributed by atoms with van der Waals surface area (Å²) in [5, 5.41) is 35.6. The lowest BCUT2D eigenvalue weighted by Gasteiger charge is -2.15. The summed E-state index contributed by atoms with van der Waals surface area (Å²) in [4.78, 5) is 79.9. The molecule has 232 valence electrons. The molecular formula is C26H33N7O10. The third-order valence-corrected chi connectivity index (χ3v) is 6.46. The number of oxazole rings is 1. The molecule has 0 saturated carbocycles. The Kier molecular flexibility index (Phi) is 11.1. The van der Waals surface area contributed by atoms with Crippen LogP contribution in [0.1, 0.15) is 59.7 Å². The van der Waals surface area contributed by atoms with Crippen LogP contribution in [0.3, 0.4) is 0 Å². The van der Waals surface area contributed by atoms with Crippen molar-refractivity contribution in [2.24, 2.45) is 11.5 Å². The molecule has 2 atom stereocenters. The Hall–Kier alpha value is -5.03. The van der Waals surface area contributed by atoms with Crippen molar-refractivity contribution in [2.75, 3.05) is 25.0 Å². The summed E-state index contributed by atoms with van der Waals surface area (Å²) < 4.78 is 5.54. The summed E-state index contributed by atoms with van der Waals surface area (Å²) in [7, 11) is 0. The lowest BCUT2D eigenvalue weighted by Crippen LogP contribution is -2.43. The zero-order chi connectivity index (χ0) is 31.7. The van der Waals surface area contributed by atoms with Gasteiger partial charge in [-0.05, 0) is 51.6 Å². The van der Waals surface area contributed by atoms with Crippen molar-refractivity contribution in [1.82, 2.24) is 20.6 Å². The van der Waals surface area contributed by atoms with Gasteiger partial charge < -0.3 is 52.1 Å². The Morgan fingerprint density at radius 3 is 2.07 bits per heavy atom. The van der Waals surface area contributed by atoms with Crippen LogP contribution in [-0.4, -0.2) is 86.7 Å². The standard InChI is InChI=1S/C26H33N7O10/c27-7-3-1-5-12(24(37)38)30-18(35)11-29-14-10-17-21(19-16(34)9-15(26(41)42)31-20(14)19)33-23(43-17)22(36)32-13(25(39)40)6-2-4-8-28/h9-10,12-13,29H,1-8,11,27-28H2,(H,30,35)(H,31,34)(H,32,36)(H,37,38)(H,39,40)(H,41,42). The number of carboxylic acids is 3. The number of hydrogen-bond donors (Lipinski definition) is 9. The third kappa shape index (κ3) is 8.26. The Morgan fingerprint density at radius 1 is 0.907 bits per heavy atom. The summed E-state index contributed by atoms with van der Waals surface area (Å²) in [6.45, 7) is 0.239. The largest absolute Gasteiger partial charge is 0.480 e. The number of carbonyl (C=O) groups is 5. The SMILES string of the molecule is NCCCCC(NC(=O)CNc1cc2oc(C(=O)NC(CCCCN)C(=O)O)nc2c2c(=O)cc(C(=O)O)[nH]c12)C(=O)O. The fraction of sp³-hybridized carbons (Fsp3) is 0.423. The lowest BCUT2D eigenvalue weighted by atomic mass is 10.1. The number of nitrogens with one attached hydrogen (secondary N) is 4. The first kappa shape index (κ1) is 32.5. The number of anilines is 1. The van der Waals surface area contributed by atoms with E-state index in [1.807, 2.05) is 0 Å². The number of unbranched alkanes of at least 4 members (excludes halogenated alkanes) is 2. The highest BCUT2D eigenvalue weighted by atomic mass is 16.4. The molecule has 3 rings (SSSR count). The smallest absolute Gasteiger partial charge is 0.352 e. The van der Waals surface area contributed by atoms with Crippen LogP contribution in [0, 0.1) is 0 Å². The van der Waals surface area contributed by atoms with Crippen LogP contribution in [-0.2, 0) is 14.4 Å². The van der Waals surface area contributed by atoms with E-state index >= 15 is 0 Å². The molecule has 1 aromatic carbocycles. The third-order valence-electron chi connectivity index (χ3n) is 6.46. The van der Waals surface area contributed by atoms with Crippen LogP contribution < -0.4 is 32.8 Å². The molecule has 0 aliphatic rings. The van der Waals surface area contributed by atoms with Gasteiger partial charge in [0.2, 0.25) is 5.91 Å². The summed E-state index contributed by atoms with van der Waals surface area (Å²) >= 11 is 0. The van der Waals surface area contributed by atoms with Gasteiger partial charge in [0.1, 0.15) is 23.3 Å². The molecule has 17 heteroatoms. The molecule has 0 fully saturated rings. The molecule has 0 bridgehead atoms. The van der Waals surface area contributed by atoms with E-state index in [0.717, 1.165) is 6.07 Å². The number of nitrogens with two attached hydrogens (primary N) is 2. The molecule has 2 amide bonds. The van der Waals surface area contributed by atoms with Gasteiger partial charge in [-0.15, -0.1) is 0 Å². The number of hydrogen-bond acceptors (Lipinski definition) is 11. The summed E-state index contributed by atoms with van der Waals surface area (Å²) in [6.07, 6.45) is 2.30. The van der Waals surface area contributed by atoms with E-state index in [-0.39, 0.29) is 40.5 Å². The first-order chi connectivity index (χ1) is 20.5. The number of aromatic nitrogens is 2. The minimum Gasteiger partial charge on any atom is -0.480 e. The fourth-order valence-electron chi connectivity index (χ4n) is 4.30. The van der Waals surface area contributed by atoms with Crippen molar-refractivity contribution >= 4 is 57.4 Å². The van der Waals surface area contributed by atoms with E-state index in [4.69, 9.17) is 15.9 Å². The van der Waals surface area contributed by atoms with Crippen LogP contribution in [0.5, 0.6) is 0 Å². The predicted octanol–water partition coefficient (Wildman–Crippen LogP) is -0.210. The number of aromatic amines is 1. The van der Waals surface area contributed by atoms with Crippen LogP contribution in [0.4, 0.5) is 5.69 Å². The molecular weight excluding hydrogens is 570 g/mol. The van der Waals surface area contributed by atoms with Crippen LogP contribution in [0.2, 0.25) is 0 Å². The number of amides is 2. The van der Waals surface area contributed by atoms with Gasteiger partial charge >= 0.3 is 23.8 Å². The number of nitrogens with zero attached hydrogens (tertiary/aromatic N) is 1. The van der Waals surface area contributed by atoms with Crippen LogP contribution in [0.25, 0.3) is 22.0 Å². The number of benzene rings is 1. The molecule has 0 radical (unpaired) electrons. The molecule has 2 aromatic heterocycles. The number of carboxylic acid groups (broad SMARTS) is 3. The van der Waals surface area contributed by atoms with E-state index in [9.17, 15) is 44.1 Å². The molecule has 0 aliphatic heterocycles. The van der Waals surface area contributed by atoms with Gasteiger partial charge in [-0.3, -0.25) is 14.4 Å². The maximum atomic E-state index is 13.0. The van der Waals surface area contributed by atoms with Crippen molar-refractivity contribution in [3.63, 3.8) is 0 Å². The Balaban J connectivity index is 1.96. The zero-order valence-corrected chi connectivity index (χ0v) is 23.0. The number of pyridine rings is 1. The first-order valence-electron chi connectivity index (χ1n) is 13.4. The maximum Gasteiger partial charge on any atom is 0.352 e. The number of aromatic carboxylic acids is 1. The van der Waals surface area contributed by atoms with Crippen molar-refractivity contribution in [1.29, 1.82) is 0 Å². The van der Waals surface area contributed by atoms with E-state index in [0.29, 0.717) is 38.8 Å². The highest BCUT2D eigenvalue weighted by Crippen LogP contribution is 2.29. The van der Waals surface area contributed by atoms with Crippen molar-refractivity contribution in [3.05, 3.63) is 33.9 Å². The maximum absolute atomic E-state index is 13.0. The number of fused-ring (bicyclic) bond motifs is 3. The Bertz CT molecular complexity index is 1580. The number of H-pyrrole nitrogens is 1. The second-order valence-corrected chi connectivity index (χ2v) is 9.64. The second-order valence-electron chi connectivity index (χ2n) is 9.64. The number of carbonyl (C=O) groups excluding carboxylic acids is 2. The summed E-state index contributed by atoms with van der Waals surface area (Å²) in [5.74, 6) is -6.19. The monoisotopic (exact) mass is 603 g/mol. The zero-order valence-electron chi connectivity index (χ0n) is 23.0. The minimum atomic E-state index is -1.45. The summed E-state index contributed by atoms with van der Waals surface area (Å²) in [5.41, 5.74) is 9.33. The predicted molar refractivity (Wildman–Crippen MR) is 152 cm³/mol. The molecule has 0 saturated heterocycles. The number of aliphatic carboxylic acids is 2. The second kappa shape index (κ2) is 14.7. The van der Waals surface area contributed by atoms with Crippen molar-refractivity contribution in [2.45, 2.75) is 50.6 Å². The fourth-order valence-corrected chi connectivity index (χ4v) is 4.30. The lowest BCUT2D eigenvalue weighted by molar-refractivity contribution is -0.141. The van der Waals surface area contributed by atoms with Gasteiger partial charge in [-0.1, -0.05) is 0 Å². The van der Waals surface area contributed by atoms with Gasteiger partial charge in [0.25, 0.3) is 5.89 Å². The van der Waals surface area contributed by atoms with Crippen molar-refractivity contribution < 1.29 is 43.7 Å². The topological polar surface area (TPSA) is 293 Å². The molecule has 2 heterocycles. The van der Waals surface area contributed by atoms with E-state index in [2.05, 4.69) is 25.9 Å². The normalized spacial score (nSPS) is 12.5. The average Bonchev–Trinajstić information content (AvgIpc) is 3.38. The van der Waals surface area contributed by atoms with Gasteiger partial charge in [0.15, 0.2) is 11.0 Å². The highest BCUT2D eigenvalue weighted by molar-refractivity contribution is 6.10. The molecule has 0 aliphatic carbocycles.